The maximum Gasteiger partial charge on any atom is 0.329 e. The number of aryl methyl sites for hydroxylation is 1. The highest BCUT2D eigenvalue weighted by Crippen LogP contribution is 2.28. The van der Waals surface area contributed by atoms with E-state index < -0.39 is 17.9 Å². The van der Waals surface area contributed by atoms with Crippen LogP contribution in [0.5, 0.6) is 0 Å². The predicted molar refractivity (Wildman–Crippen MR) is 139 cm³/mol. The molecule has 2 aliphatic heterocycles. The predicted octanol–water partition coefficient (Wildman–Crippen LogP) is 3.43. The zero-order chi connectivity index (χ0) is 26.6. The number of alkyl halides is 2. The molecular weight excluding hydrogens is 480 g/mol. The third-order valence-electron chi connectivity index (χ3n) is 7.75. The maximum absolute atomic E-state index is 13.3. The third kappa shape index (κ3) is 6.65. The standard InChI is InChI=1S/C27H39F2N5O3/c1-31(15-6-4-3-5-7-16-33-17-13-27(28,29)14-18-33)19-20-9-8-10-21-24(20)32(2)26(37)34(21)22-11-12-23(35)30-25(22)36/h8-10,22H,3-7,11-19H2,1-2H3,(H,30,35,36). The third-order valence-corrected chi connectivity index (χ3v) is 7.75. The summed E-state index contributed by atoms with van der Waals surface area (Å²) >= 11 is 0. The number of likely N-dealkylation sites (tertiary alicyclic amines) is 1. The van der Waals surface area contributed by atoms with E-state index in [0.29, 0.717) is 31.6 Å². The van der Waals surface area contributed by atoms with Gasteiger partial charge in [0.1, 0.15) is 6.04 Å². The lowest BCUT2D eigenvalue weighted by Gasteiger charge is -2.31. The molecule has 4 rings (SSSR count). The number of imide groups is 1. The number of aromatic nitrogens is 2. The Balaban J connectivity index is 1.25. The van der Waals surface area contributed by atoms with Gasteiger partial charge < -0.3 is 9.80 Å². The number of para-hydroxylation sites is 1. The summed E-state index contributed by atoms with van der Waals surface area (Å²) in [6, 6.07) is 5.11. The largest absolute Gasteiger partial charge is 0.329 e. The van der Waals surface area contributed by atoms with E-state index in [4.69, 9.17) is 0 Å². The average Bonchev–Trinajstić information content (AvgIpc) is 3.10. The Morgan fingerprint density at radius 1 is 1.05 bits per heavy atom. The first kappa shape index (κ1) is 27.4. The van der Waals surface area contributed by atoms with Crippen LogP contribution in [0, 0.1) is 0 Å². The molecule has 204 valence electrons. The molecule has 0 saturated carbocycles. The minimum Gasteiger partial charge on any atom is -0.303 e. The Morgan fingerprint density at radius 2 is 1.76 bits per heavy atom. The van der Waals surface area contributed by atoms with Crippen molar-refractivity contribution in [3.63, 3.8) is 0 Å². The van der Waals surface area contributed by atoms with Crippen molar-refractivity contribution in [1.29, 1.82) is 0 Å². The molecule has 2 aromatic rings. The van der Waals surface area contributed by atoms with E-state index in [9.17, 15) is 23.2 Å². The van der Waals surface area contributed by atoms with Gasteiger partial charge in [-0.1, -0.05) is 31.4 Å². The fourth-order valence-electron chi connectivity index (χ4n) is 5.60. The van der Waals surface area contributed by atoms with Crippen LogP contribution in [0.3, 0.4) is 0 Å². The van der Waals surface area contributed by atoms with Gasteiger partial charge in [0.15, 0.2) is 0 Å². The fourth-order valence-corrected chi connectivity index (χ4v) is 5.60. The number of amides is 2. The highest BCUT2D eigenvalue weighted by atomic mass is 19.3. The molecule has 0 bridgehead atoms. The van der Waals surface area contributed by atoms with E-state index in [2.05, 4.69) is 22.2 Å². The topological polar surface area (TPSA) is 79.6 Å². The van der Waals surface area contributed by atoms with E-state index in [1.54, 1.807) is 11.6 Å². The number of fused-ring (bicyclic) bond motifs is 1. The van der Waals surface area contributed by atoms with Gasteiger partial charge in [-0.3, -0.25) is 24.0 Å². The van der Waals surface area contributed by atoms with Crippen molar-refractivity contribution in [2.45, 2.75) is 76.3 Å². The molecule has 1 atom stereocenters. The van der Waals surface area contributed by atoms with Crippen molar-refractivity contribution in [2.75, 3.05) is 33.2 Å². The molecule has 3 heterocycles. The van der Waals surface area contributed by atoms with Crippen molar-refractivity contribution in [1.82, 2.24) is 24.3 Å². The number of benzene rings is 1. The van der Waals surface area contributed by atoms with Gasteiger partial charge in [-0.2, -0.15) is 0 Å². The van der Waals surface area contributed by atoms with Crippen LogP contribution in [0.1, 0.15) is 69.4 Å². The van der Waals surface area contributed by atoms with Crippen LogP contribution in [-0.4, -0.2) is 69.9 Å². The van der Waals surface area contributed by atoms with Crippen LogP contribution in [0.4, 0.5) is 8.78 Å². The van der Waals surface area contributed by atoms with Crippen molar-refractivity contribution in [3.8, 4) is 0 Å². The lowest BCUT2D eigenvalue weighted by molar-refractivity contribution is -0.135. The molecule has 1 aromatic carbocycles. The fraction of sp³-hybridized carbons (Fsp3) is 0.667. The molecule has 1 N–H and O–H groups in total. The SMILES string of the molecule is CN(CCCCCCCN1CCC(F)(F)CC1)Cc1cccc2c1n(C)c(=O)n2C1CCC(=O)NC1=O. The Labute approximate surface area is 216 Å². The van der Waals surface area contributed by atoms with E-state index in [1.807, 2.05) is 18.2 Å². The van der Waals surface area contributed by atoms with Gasteiger partial charge in [-0.25, -0.2) is 13.6 Å². The van der Waals surface area contributed by atoms with Gasteiger partial charge in [0, 0.05) is 45.9 Å². The number of unbranched alkanes of at least 4 members (excludes halogenated alkanes) is 4. The summed E-state index contributed by atoms with van der Waals surface area (Å²) in [5.41, 5.74) is 2.31. The van der Waals surface area contributed by atoms with Crippen LogP contribution in [-0.2, 0) is 23.2 Å². The van der Waals surface area contributed by atoms with E-state index in [1.165, 1.54) is 4.57 Å². The second kappa shape index (κ2) is 11.9. The van der Waals surface area contributed by atoms with Gasteiger partial charge in [0.25, 0.3) is 5.92 Å². The lowest BCUT2D eigenvalue weighted by atomic mass is 10.1. The number of halogens is 2. The molecule has 1 unspecified atom stereocenters. The molecule has 8 nitrogen and oxygen atoms in total. The highest BCUT2D eigenvalue weighted by molar-refractivity contribution is 6.00. The summed E-state index contributed by atoms with van der Waals surface area (Å²) < 4.78 is 29.6. The van der Waals surface area contributed by atoms with Gasteiger partial charge in [-0.05, 0) is 51.0 Å². The van der Waals surface area contributed by atoms with Crippen LogP contribution >= 0.6 is 0 Å². The molecule has 0 spiro atoms. The van der Waals surface area contributed by atoms with Crippen molar-refractivity contribution < 1.29 is 18.4 Å². The van der Waals surface area contributed by atoms with Gasteiger partial charge in [0.05, 0.1) is 11.0 Å². The Kier molecular flexibility index (Phi) is 8.79. The first-order chi connectivity index (χ1) is 17.7. The number of carbonyl (C=O) groups excluding carboxylic acids is 2. The number of carbonyl (C=O) groups is 2. The number of hydrogen-bond acceptors (Lipinski definition) is 5. The quantitative estimate of drug-likeness (QED) is 0.364. The van der Waals surface area contributed by atoms with Crippen molar-refractivity contribution >= 4 is 22.8 Å². The molecule has 1 aromatic heterocycles. The molecule has 2 aliphatic rings. The zero-order valence-electron chi connectivity index (χ0n) is 22.0. The molecule has 0 aliphatic carbocycles. The lowest BCUT2D eigenvalue weighted by Crippen LogP contribution is -2.44. The first-order valence-corrected chi connectivity index (χ1v) is 13.5. The summed E-state index contributed by atoms with van der Waals surface area (Å²) in [5.74, 6) is -3.20. The van der Waals surface area contributed by atoms with Gasteiger partial charge in [-0.15, -0.1) is 0 Å². The number of nitrogens with one attached hydrogen (secondary N) is 1. The molecule has 0 radical (unpaired) electrons. The maximum atomic E-state index is 13.3. The summed E-state index contributed by atoms with van der Waals surface area (Å²) in [5, 5.41) is 2.35. The summed E-state index contributed by atoms with van der Waals surface area (Å²) in [4.78, 5) is 41.5. The average molecular weight is 520 g/mol. The number of nitrogens with zero attached hydrogens (tertiary/aromatic N) is 4. The van der Waals surface area contributed by atoms with Crippen LogP contribution in [0.25, 0.3) is 11.0 Å². The number of imidazole rings is 1. The smallest absolute Gasteiger partial charge is 0.303 e. The second-order valence-electron chi connectivity index (χ2n) is 10.7. The summed E-state index contributed by atoms with van der Waals surface area (Å²) in [6.45, 7) is 3.54. The van der Waals surface area contributed by atoms with E-state index >= 15 is 0 Å². The van der Waals surface area contributed by atoms with Gasteiger partial charge >= 0.3 is 5.69 Å². The van der Waals surface area contributed by atoms with Crippen LogP contribution in [0.15, 0.2) is 23.0 Å². The Bertz CT molecular complexity index is 1160. The molecule has 10 heteroatoms. The Morgan fingerprint density at radius 3 is 2.49 bits per heavy atom. The molecule has 37 heavy (non-hydrogen) atoms. The summed E-state index contributed by atoms with van der Waals surface area (Å²) in [6.07, 6.45) is 6.02. The first-order valence-electron chi connectivity index (χ1n) is 13.5. The van der Waals surface area contributed by atoms with E-state index in [0.717, 1.165) is 56.3 Å². The van der Waals surface area contributed by atoms with E-state index in [-0.39, 0.29) is 30.9 Å². The summed E-state index contributed by atoms with van der Waals surface area (Å²) in [7, 11) is 3.80. The van der Waals surface area contributed by atoms with Crippen molar-refractivity contribution in [3.05, 3.63) is 34.2 Å². The number of piperidine rings is 2. The molecule has 2 saturated heterocycles. The minimum atomic E-state index is -2.47. The van der Waals surface area contributed by atoms with Crippen LogP contribution < -0.4 is 11.0 Å². The van der Waals surface area contributed by atoms with Gasteiger partial charge in [0.2, 0.25) is 11.8 Å². The highest BCUT2D eigenvalue weighted by Gasteiger charge is 2.34. The van der Waals surface area contributed by atoms with Crippen molar-refractivity contribution in [2.24, 2.45) is 7.05 Å². The molecule has 2 fully saturated rings. The molecular formula is C27H39F2N5O3. The number of rotatable bonds is 11. The molecule has 2 amide bonds. The normalized spacial score (nSPS) is 20.6. The number of hydrogen-bond donors (Lipinski definition) is 1. The van der Waals surface area contributed by atoms with Crippen LogP contribution in [0.2, 0.25) is 0 Å². The zero-order valence-corrected chi connectivity index (χ0v) is 22.0. The minimum absolute atomic E-state index is 0.0111. The monoisotopic (exact) mass is 519 g/mol. The second-order valence-corrected chi connectivity index (χ2v) is 10.7. The Hall–Kier alpha value is -2.59.